The summed E-state index contributed by atoms with van der Waals surface area (Å²) in [5, 5.41) is 7.32. The molecule has 7 heteroatoms. The summed E-state index contributed by atoms with van der Waals surface area (Å²) in [6.45, 7) is 5.12. The molecule has 3 heterocycles. The molecule has 26 heavy (non-hydrogen) atoms. The van der Waals surface area contributed by atoms with Crippen molar-refractivity contribution in [3.63, 3.8) is 0 Å². The number of piperidine rings is 1. The number of carbonyl (C=O) groups is 2. The molecule has 0 bridgehead atoms. The lowest BCUT2D eigenvalue weighted by molar-refractivity contribution is -0.127. The van der Waals surface area contributed by atoms with Crippen LogP contribution in [0.25, 0.3) is 0 Å². The van der Waals surface area contributed by atoms with Gasteiger partial charge in [-0.2, -0.15) is 5.10 Å². The maximum atomic E-state index is 12.6. The molecule has 1 fully saturated rings. The Bertz CT molecular complexity index is 778. The third-order valence-electron chi connectivity index (χ3n) is 5.14. The smallest absolute Gasteiger partial charge is 0.272 e. The molecule has 0 radical (unpaired) electrons. The van der Waals surface area contributed by atoms with E-state index < -0.39 is 0 Å². The van der Waals surface area contributed by atoms with E-state index >= 15 is 0 Å². The van der Waals surface area contributed by atoms with E-state index in [9.17, 15) is 9.59 Å². The Morgan fingerprint density at radius 3 is 2.58 bits per heavy atom. The largest absolute Gasteiger partial charge is 0.349 e. The van der Waals surface area contributed by atoms with E-state index in [1.165, 1.54) is 0 Å². The lowest BCUT2D eigenvalue weighted by Crippen LogP contribution is -2.43. The summed E-state index contributed by atoms with van der Waals surface area (Å²) in [5.41, 5.74) is 2.54. The van der Waals surface area contributed by atoms with Crippen molar-refractivity contribution in [2.24, 2.45) is 13.0 Å². The highest BCUT2D eigenvalue weighted by Crippen LogP contribution is 2.21. The van der Waals surface area contributed by atoms with E-state index in [0.29, 0.717) is 31.6 Å². The molecule has 1 atom stereocenters. The summed E-state index contributed by atoms with van der Waals surface area (Å²) in [6, 6.07) is 5.24. The van der Waals surface area contributed by atoms with Crippen LogP contribution in [0.15, 0.2) is 30.6 Å². The highest BCUT2D eigenvalue weighted by atomic mass is 16.2. The second kappa shape index (κ2) is 7.68. The van der Waals surface area contributed by atoms with Crippen molar-refractivity contribution in [3.05, 3.63) is 47.5 Å². The number of hydrogen-bond donors (Lipinski definition) is 1. The Morgan fingerprint density at radius 1 is 1.27 bits per heavy atom. The number of nitrogens with zero attached hydrogens (tertiary/aromatic N) is 4. The molecule has 1 aliphatic heterocycles. The zero-order valence-electron chi connectivity index (χ0n) is 15.5. The van der Waals surface area contributed by atoms with Crippen molar-refractivity contribution < 1.29 is 9.59 Å². The molecule has 0 aromatic carbocycles. The maximum absolute atomic E-state index is 12.6. The van der Waals surface area contributed by atoms with Crippen LogP contribution in [0.5, 0.6) is 0 Å². The fourth-order valence-corrected chi connectivity index (χ4v) is 3.35. The van der Waals surface area contributed by atoms with Crippen LogP contribution >= 0.6 is 0 Å². The number of rotatable bonds is 4. The quantitative estimate of drug-likeness (QED) is 0.908. The van der Waals surface area contributed by atoms with Crippen LogP contribution in [0.2, 0.25) is 0 Å². The van der Waals surface area contributed by atoms with E-state index in [-0.39, 0.29) is 23.8 Å². The van der Waals surface area contributed by atoms with Crippen molar-refractivity contribution >= 4 is 11.8 Å². The Morgan fingerprint density at radius 2 is 2.00 bits per heavy atom. The van der Waals surface area contributed by atoms with Crippen molar-refractivity contribution in [1.82, 2.24) is 25.0 Å². The minimum absolute atomic E-state index is 0.0469. The highest BCUT2D eigenvalue weighted by Gasteiger charge is 2.29. The van der Waals surface area contributed by atoms with E-state index in [4.69, 9.17) is 0 Å². The van der Waals surface area contributed by atoms with Gasteiger partial charge in [0.25, 0.3) is 5.91 Å². The van der Waals surface area contributed by atoms with Gasteiger partial charge in [0.1, 0.15) is 5.69 Å². The molecule has 138 valence electrons. The van der Waals surface area contributed by atoms with Gasteiger partial charge in [0.05, 0.1) is 12.2 Å². The first kappa shape index (κ1) is 18.1. The Kier molecular flexibility index (Phi) is 5.35. The summed E-state index contributed by atoms with van der Waals surface area (Å²) < 4.78 is 1.81. The van der Waals surface area contributed by atoms with Gasteiger partial charge in [0, 0.05) is 43.5 Å². The zero-order valence-corrected chi connectivity index (χ0v) is 15.5. The lowest BCUT2D eigenvalue weighted by atomic mass is 9.95. The first-order valence-electron chi connectivity index (χ1n) is 8.96. The molecular formula is C19H25N5O2. The molecule has 1 saturated heterocycles. The van der Waals surface area contributed by atoms with Gasteiger partial charge in [-0.15, -0.1) is 0 Å². The van der Waals surface area contributed by atoms with Gasteiger partial charge >= 0.3 is 0 Å². The number of pyridine rings is 1. The standard InChI is InChI=1S/C19H25N5O2/c1-13(16-12-21-23(3)14(16)2)22-18(25)15-7-10-24(11-8-15)19(26)17-6-4-5-9-20-17/h4-6,9,12-13,15H,7-8,10-11H2,1-3H3,(H,22,25)/t13-/m1/s1. The second-order valence-corrected chi connectivity index (χ2v) is 6.82. The van der Waals surface area contributed by atoms with Crippen molar-refractivity contribution in [1.29, 1.82) is 0 Å². The number of carbonyl (C=O) groups excluding carboxylic acids is 2. The number of likely N-dealkylation sites (tertiary alicyclic amines) is 1. The van der Waals surface area contributed by atoms with E-state index in [0.717, 1.165) is 11.3 Å². The first-order valence-corrected chi connectivity index (χ1v) is 8.96. The molecule has 2 amide bonds. The van der Waals surface area contributed by atoms with Crippen molar-refractivity contribution in [2.45, 2.75) is 32.7 Å². The van der Waals surface area contributed by atoms with E-state index in [1.807, 2.05) is 27.0 Å². The summed E-state index contributed by atoms with van der Waals surface area (Å²) in [6.07, 6.45) is 4.76. The molecule has 1 aliphatic rings. The summed E-state index contributed by atoms with van der Waals surface area (Å²) in [7, 11) is 1.89. The molecule has 0 aliphatic carbocycles. The van der Waals surface area contributed by atoms with E-state index in [2.05, 4.69) is 15.4 Å². The molecule has 0 spiro atoms. The monoisotopic (exact) mass is 355 g/mol. The number of aryl methyl sites for hydroxylation is 1. The Hall–Kier alpha value is -2.70. The SMILES string of the molecule is Cc1c([C@@H](C)NC(=O)C2CCN(C(=O)c3ccccn3)CC2)cnn1C. The molecule has 3 rings (SSSR count). The van der Waals surface area contributed by atoms with Gasteiger partial charge in [-0.1, -0.05) is 6.07 Å². The number of aromatic nitrogens is 3. The van der Waals surface area contributed by atoms with Crippen LogP contribution in [0.4, 0.5) is 0 Å². The van der Waals surface area contributed by atoms with Crippen LogP contribution in [0, 0.1) is 12.8 Å². The van der Waals surface area contributed by atoms with Crippen LogP contribution in [-0.4, -0.2) is 44.6 Å². The third kappa shape index (κ3) is 3.76. The van der Waals surface area contributed by atoms with Crippen LogP contribution in [0.1, 0.15) is 47.6 Å². The van der Waals surface area contributed by atoms with Crippen LogP contribution in [0.3, 0.4) is 0 Å². The number of nitrogens with one attached hydrogen (secondary N) is 1. The molecule has 7 nitrogen and oxygen atoms in total. The first-order chi connectivity index (χ1) is 12.5. The van der Waals surface area contributed by atoms with Crippen molar-refractivity contribution in [2.75, 3.05) is 13.1 Å². The van der Waals surface area contributed by atoms with Gasteiger partial charge in [0.2, 0.25) is 5.91 Å². The van der Waals surface area contributed by atoms with Crippen LogP contribution < -0.4 is 5.32 Å². The van der Waals surface area contributed by atoms with Crippen LogP contribution in [-0.2, 0) is 11.8 Å². The van der Waals surface area contributed by atoms with Crippen molar-refractivity contribution in [3.8, 4) is 0 Å². The van der Waals surface area contributed by atoms with Gasteiger partial charge in [-0.25, -0.2) is 0 Å². The topological polar surface area (TPSA) is 80.1 Å². The highest BCUT2D eigenvalue weighted by molar-refractivity contribution is 5.92. The fourth-order valence-electron chi connectivity index (χ4n) is 3.35. The predicted molar refractivity (Wildman–Crippen MR) is 97.4 cm³/mol. The molecule has 0 saturated carbocycles. The lowest BCUT2D eigenvalue weighted by Gasteiger charge is -2.31. The second-order valence-electron chi connectivity index (χ2n) is 6.82. The Balaban J connectivity index is 1.53. The average Bonchev–Trinajstić information content (AvgIpc) is 3.01. The third-order valence-corrected chi connectivity index (χ3v) is 5.14. The Labute approximate surface area is 153 Å². The molecular weight excluding hydrogens is 330 g/mol. The predicted octanol–water partition coefficient (Wildman–Crippen LogP) is 1.85. The minimum Gasteiger partial charge on any atom is -0.349 e. The fraction of sp³-hybridized carbons (Fsp3) is 0.474. The maximum Gasteiger partial charge on any atom is 0.272 e. The van der Waals surface area contributed by atoms with Gasteiger partial charge in [-0.3, -0.25) is 19.3 Å². The molecule has 2 aromatic rings. The summed E-state index contributed by atoms with van der Waals surface area (Å²) in [4.78, 5) is 30.9. The summed E-state index contributed by atoms with van der Waals surface area (Å²) in [5.74, 6) is -0.0864. The van der Waals surface area contributed by atoms with E-state index in [1.54, 1.807) is 34.1 Å². The average molecular weight is 355 g/mol. The zero-order chi connectivity index (χ0) is 18.7. The van der Waals surface area contributed by atoms with Gasteiger partial charge in [0.15, 0.2) is 0 Å². The van der Waals surface area contributed by atoms with Gasteiger partial charge in [-0.05, 0) is 38.8 Å². The molecule has 2 aromatic heterocycles. The van der Waals surface area contributed by atoms with Gasteiger partial charge < -0.3 is 10.2 Å². The number of hydrogen-bond acceptors (Lipinski definition) is 4. The molecule has 0 unspecified atom stereocenters. The summed E-state index contributed by atoms with van der Waals surface area (Å²) >= 11 is 0. The minimum atomic E-state index is -0.0793. The molecule has 1 N–H and O–H groups in total. The number of amides is 2. The normalized spacial score (nSPS) is 16.3.